The lowest BCUT2D eigenvalue weighted by atomic mass is 9.91. The van der Waals surface area contributed by atoms with Crippen LogP contribution in [0.4, 0.5) is 0 Å². The molecule has 1 aliphatic heterocycles. The predicted octanol–water partition coefficient (Wildman–Crippen LogP) is 3.07. The van der Waals surface area contributed by atoms with E-state index in [4.69, 9.17) is 9.47 Å². The SMILES string of the molecule is O=C1CCCCC(c2ccc3c(c2)OCCO3)C1. The molecule has 18 heavy (non-hydrogen) atoms. The number of hydrogen-bond donors (Lipinski definition) is 0. The van der Waals surface area contributed by atoms with Crippen molar-refractivity contribution in [3.05, 3.63) is 23.8 Å². The molecule has 3 rings (SSSR count). The van der Waals surface area contributed by atoms with Gasteiger partial charge in [-0.05, 0) is 36.5 Å². The van der Waals surface area contributed by atoms with Crippen LogP contribution < -0.4 is 9.47 Å². The molecule has 0 amide bonds. The molecule has 1 aromatic carbocycles. The molecule has 0 N–H and O–H groups in total. The molecule has 1 aromatic rings. The number of ketones is 1. The van der Waals surface area contributed by atoms with Crippen molar-refractivity contribution >= 4 is 5.78 Å². The van der Waals surface area contributed by atoms with E-state index in [9.17, 15) is 4.79 Å². The van der Waals surface area contributed by atoms with Gasteiger partial charge in [0.1, 0.15) is 19.0 Å². The lowest BCUT2D eigenvalue weighted by molar-refractivity contribution is -0.119. The highest BCUT2D eigenvalue weighted by atomic mass is 16.6. The van der Waals surface area contributed by atoms with E-state index in [-0.39, 0.29) is 0 Å². The van der Waals surface area contributed by atoms with Crippen molar-refractivity contribution in [2.75, 3.05) is 13.2 Å². The second-order valence-corrected chi connectivity index (χ2v) is 5.09. The molecule has 1 unspecified atom stereocenters. The Hall–Kier alpha value is -1.51. The van der Waals surface area contributed by atoms with Gasteiger partial charge in [-0.1, -0.05) is 12.5 Å². The molecule has 1 aliphatic carbocycles. The van der Waals surface area contributed by atoms with Gasteiger partial charge in [-0.3, -0.25) is 4.79 Å². The summed E-state index contributed by atoms with van der Waals surface area (Å²) in [5, 5.41) is 0. The van der Waals surface area contributed by atoms with E-state index in [2.05, 4.69) is 12.1 Å². The number of ether oxygens (including phenoxy) is 2. The van der Waals surface area contributed by atoms with Crippen molar-refractivity contribution < 1.29 is 14.3 Å². The minimum Gasteiger partial charge on any atom is -0.486 e. The zero-order valence-electron chi connectivity index (χ0n) is 10.5. The van der Waals surface area contributed by atoms with Gasteiger partial charge in [0.05, 0.1) is 0 Å². The van der Waals surface area contributed by atoms with Crippen LogP contribution in [0.5, 0.6) is 11.5 Å². The van der Waals surface area contributed by atoms with Crippen molar-refractivity contribution in [3.63, 3.8) is 0 Å². The van der Waals surface area contributed by atoms with Gasteiger partial charge in [0.25, 0.3) is 0 Å². The van der Waals surface area contributed by atoms with Crippen LogP contribution in [0, 0.1) is 0 Å². The molecule has 2 aliphatic rings. The fraction of sp³-hybridized carbons (Fsp3) is 0.533. The molecule has 3 heteroatoms. The number of benzene rings is 1. The number of carbonyl (C=O) groups excluding carboxylic acids is 1. The molecule has 0 radical (unpaired) electrons. The first-order valence-corrected chi connectivity index (χ1v) is 6.74. The topological polar surface area (TPSA) is 35.5 Å². The highest BCUT2D eigenvalue weighted by Gasteiger charge is 2.21. The monoisotopic (exact) mass is 246 g/mol. The van der Waals surface area contributed by atoms with Gasteiger partial charge >= 0.3 is 0 Å². The zero-order valence-corrected chi connectivity index (χ0v) is 10.5. The summed E-state index contributed by atoms with van der Waals surface area (Å²) in [4.78, 5) is 11.7. The maximum atomic E-state index is 11.7. The quantitative estimate of drug-likeness (QED) is 0.714. The molecular formula is C15H18O3. The molecule has 1 atom stereocenters. The summed E-state index contributed by atoms with van der Waals surface area (Å²) in [7, 11) is 0. The number of Topliss-reactive ketones (excluding diaryl/α,β-unsaturated/α-hetero) is 1. The van der Waals surface area contributed by atoms with Crippen LogP contribution in [0.2, 0.25) is 0 Å². The summed E-state index contributed by atoms with van der Waals surface area (Å²) < 4.78 is 11.1. The van der Waals surface area contributed by atoms with Gasteiger partial charge in [-0.25, -0.2) is 0 Å². The maximum absolute atomic E-state index is 11.7. The Morgan fingerprint density at radius 1 is 1.06 bits per heavy atom. The lowest BCUT2D eigenvalue weighted by Gasteiger charge is -2.21. The van der Waals surface area contributed by atoms with Gasteiger partial charge in [0.15, 0.2) is 11.5 Å². The third-order valence-corrected chi connectivity index (χ3v) is 3.77. The van der Waals surface area contributed by atoms with Crippen molar-refractivity contribution in [1.82, 2.24) is 0 Å². The summed E-state index contributed by atoms with van der Waals surface area (Å²) in [6.45, 7) is 1.23. The van der Waals surface area contributed by atoms with E-state index in [1.54, 1.807) is 0 Å². The van der Waals surface area contributed by atoms with E-state index in [1.807, 2.05) is 6.07 Å². The van der Waals surface area contributed by atoms with Crippen molar-refractivity contribution in [2.45, 2.75) is 38.0 Å². The van der Waals surface area contributed by atoms with Crippen molar-refractivity contribution in [3.8, 4) is 11.5 Å². The summed E-state index contributed by atoms with van der Waals surface area (Å²) in [6.07, 6.45) is 4.72. The molecule has 1 fully saturated rings. The molecule has 0 aromatic heterocycles. The Balaban J connectivity index is 1.84. The summed E-state index contributed by atoms with van der Waals surface area (Å²) in [5.41, 5.74) is 1.22. The largest absolute Gasteiger partial charge is 0.486 e. The molecule has 0 bridgehead atoms. The fourth-order valence-corrected chi connectivity index (χ4v) is 2.79. The van der Waals surface area contributed by atoms with E-state index < -0.39 is 0 Å². The van der Waals surface area contributed by atoms with Gasteiger partial charge in [-0.15, -0.1) is 0 Å². The summed E-state index contributed by atoms with van der Waals surface area (Å²) in [6, 6.07) is 6.10. The van der Waals surface area contributed by atoms with Crippen LogP contribution in [0.25, 0.3) is 0 Å². The van der Waals surface area contributed by atoms with Gasteiger partial charge in [-0.2, -0.15) is 0 Å². The van der Waals surface area contributed by atoms with E-state index in [0.29, 0.717) is 31.3 Å². The maximum Gasteiger partial charge on any atom is 0.161 e. The number of carbonyl (C=O) groups is 1. The first kappa shape index (κ1) is 11.6. The summed E-state index contributed by atoms with van der Waals surface area (Å²) in [5.74, 6) is 2.41. The molecule has 0 saturated heterocycles. The van der Waals surface area contributed by atoms with Crippen molar-refractivity contribution in [2.24, 2.45) is 0 Å². The third-order valence-electron chi connectivity index (χ3n) is 3.77. The molecule has 96 valence electrons. The zero-order chi connectivity index (χ0) is 12.4. The Morgan fingerprint density at radius 2 is 1.89 bits per heavy atom. The molecule has 1 heterocycles. The smallest absolute Gasteiger partial charge is 0.161 e. The molecule has 0 spiro atoms. The Labute approximate surface area is 107 Å². The second kappa shape index (κ2) is 5.01. The number of fused-ring (bicyclic) bond motifs is 1. The lowest BCUT2D eigenvalue weighted by Crippen LogP contribution is -2.15. The molecule has 1 saturated carbocycles. The average Bonchev–Trinajstić information content (AvgIpc) is 2.63. The van der Waals surface area contributed by atoms with Crippen LogP contribution in [0.3, 0.4) is 0 Å². The van der Waals surface area contributed by atoms with E-state index >= 15 is 0 Å². The van der Waals surface area contributed by atoms with E-state index in [1.165, 1.54) is 5.56 Å². The number of rotatable bonds is 1. The van der Waals surface area contributed by atoms with Crippen molar-refractivity contribution in [1.29, 1.82) is 0 Å². The normalized spacial score (nSPS) is 23.6. The second-order valence-electron chi connectivity index (χ2n) is 5.09. The first-order chi connectivity index (χ1) is 8.83. The molecule has 3 nitrogen and oxygen atoms in total. The van der Waals surface area contributed by atoms with Crippen LogP contribution >= 0.6 is 0 Å². The van der Waals surface area contributed by atoms with Gasteiger partial charge in [0, 0.05) is 12.8 Å². The average molecular weight is 246 g/mol. The number of hydrogen-bond acceptors (Lipinski definition) is 3. The predicted molar refractivity (Wildman–Crippen MR) is 68.3 cm³/mol. The van der Waals surface area contributed by atoms with Crippen LogP contribution in [0.15, 0.2) is 18.2 Å². The standard InChI is InChI=1S/C15H18O3/c16-13-4-2-1-3-11(9-13)12-5-6-14-15(10-12)18-8-7-17-14/h5-6,10-11H,1-4,7-9H2. The van der Waals surface area contributed by atoms with Crippen LogP contribution in [0.1, 0.15) is 43.6 Å². The Morgan fingerprint density at radius 3 is 2.78 bits per heavy atom. The minimum atomic E-state index is 0.357. The van der Waals surface area contributed by atoms with Crippen LogP contribution in [-0.4, -0.2) is 19.0 Å². The Kier molecular flexibility index (Phi) is 3.22. The van der Waals surface area contributed by atoms with Crippen LogP contribution in [-0.2, 0) is 4.79 Å². The highest BCUT2D eigenvalue weighted by Crippen LogP contribution is 2.36. The van der Waals surface area contributed by atoms with Gasteiger partial charge in [0.2, 0.25) is 0 Å². The highest BCUT2D eigenvalue weighted by molar-refractivity contribution is 5.79. The fourth-order valence-electron chi connectivity index (χ4n) is 2.79. The minimum absolute atomic E-state index is 0.357. The Bertz CT molecular complexity index is 453. The molecular weight excluding hydrogens is 228 g/mol. The van der Waals surface area contributed by atoms with E-state index in [0.717, 1.165) is 37.2 Å². The van der Waals surface area contributed by atoms with Gasteiger partial charge < -0.3 is 9.47 Å². The summed E-state index contributed by atoms with van der Waals surface area (Å²) >= 11 is 0. The third kappa shape index (κ3) is 2.35. The first-order valence-electron chi connectivity index (χ1n) is 6.74.